The summed E-state index contributed by atoms with van der Waals surface area (Å²) in [6.45, 7) is 0. The maximum absolute atomic E-state index is 11.9. The van der Waals surface area contributed by atoms with Crippen molar-refractivity contribution in [1.29, 1.82) is 0 Å². The number of amides is 1. The number of carbonyl (C=O) groups is 1. The van der Waals surface area contributed by atoms with Crippen LogP contribution in [0.4, 0.5) is 17.1 Å². The van der Waals surface area contributed by atoms with Crippen LogP contribution in [0.25, 0.3) is 6.08 Å². The number of non-ortho nitro benzene ring substituents is 1. The van der Waals surface area contributed by atoms with Gasteiger partial charge in [0.1, 0.15) is 5.69 Å². The van der Waals surface area contributed by atoms with Gasteiger partial charge in [-0.15, -0.1) is 0 Å². The van der Waals surface area contributed by atoms with Crippen molar-refractivity contribution >= 4 is 45.0 Å². The molecule has 0 radical (unpaired) electrons. The molecule has 0 saturated heterocycles. The number of benzene rings is 2. The molecule has 2 rings (SSSR count). The van der Waals surface area contributed by atoms with E-state index in [-0.39, 0.29) is 5.69 Å². The maximum atomic E-state index is 11.9. The van der Waals surface area contributed by atoms with Gasteiger partial charge in [0.25, 0.3) is 11.4 Å². The number of nitro groups is 2. The highest BCUT2D eigenvalue weighted by molar-refractivity contribution is 9.10. The minimum atomic E-state index is -0.791. The first kappa shape index (κ1) is 17.3. The molecule has 2 aromatic carbocycles. The predicted molar refractivity (Wildman–Crippen MR) is 91.6 cm³/mol. The lowest BCUT2D eigenvalue weighted by molar-refractivity contribution is -0.393. The minimum Gasteiger partial charge on any atom is -0.317 e. The fourth-order valence-corrected chi connectivity index (χ4v) is 2.07. The largest absolute Gasteiger partial charge is 0.317 e. The number of nitrogens with zero attached hydrogens (tertiary/aromatic N) is 2. The molecule has 0 bridgehead atoms. The molecule has 0 aliphatic heterocycles. The Bertz CT molecular complexity index is 834. The summed E-state index contributed by atoms with van der Waals surface area (Å²) < 4.78 is 0.894. The van der Waals surface area contributed by atoms with Crippen LogP contribution in [-0.2, 0) is 4.79 Å². The van der Waals surface area contributed by atoms with E-state index in [2.05, 4.69) is 21.2 Å². The van der Waals surface area contributed by atoms with Gasteiger partial charge in [0.15, 0.2) is 0 Å². The van der Waals surface area contributed by atoms with E-state index >= 15 is 0 Å². The summed E-state index contributed by atoms with van der Waals surface area (Å²) in [5.41, 5.74) is -0.317. The minimum absolute atomic E-state index is 0.115. The lowest BCUT2D eigenvalue weighted by Crippen LogP contribution is -2.09. The Balaban J connectivity index is 2.17. The van der Waals surface area contributed by atoms with Crippen molar-refractivity contribution in [2.45, 2.75) is 0 Å². The standard InChI is InChI=1S/C15H10BrN3O5/c16-11-4-1-10(2-5-11)3-8-15(20)17-13-7-6-12(18(21)22)9-14(13)19(23)24/h1-9H,(H,17,20)/b8-3+. The van der Waals surface area contributed by atoms with Gasteiger partial charge in [-0.3, -0.25) is 25.0 Å². The number of nitrogens with one attached hydrogen (secondary N) is 1. The van der Waals surface area contributed by atoms with Gasteiger partial charge in [-0.2, -0.15) is 0 Å². The molecule has 0 aliphatic rings. The highest BCUT2D eigenvalue weighted by atomic mass is 79.9. The van der Waals surface area contributed by atoms with Crippen molar-refractivity contribution in [3.63, 3.8) is 0 Å². The quantitative estimate of drug-likeness (QED) is 0.471. The molecule has 0 unspecified atom stereocenters. The van der Waals surface area contributed by atoms with Crippen molar-refractivity contribution in [2.24, 2.45) is 0 Å². The molecule has 122 valence electrons. The van der Waals surface area contributed by atoms with E-state index in [9.17, 15) is 25.0 Å². The number of carbonyl (C=O) groups excluding carboxylic acids is 1. The van der Waals surface area contributed by atoms with E-state index in [0.717, 1.165) is 28.2 Å². The molecule has 0 aromatic heterocycles. The molecule has 0 atom stereocenters. The van der Waals surface area contributed by atoms with Gasteiger partial charge in [-0.05, 0) is 29.8 Å². The predicted octanol–water partition coefficient (Wildman–Crippen LogP) is 3.92. The van der Waals surface area contributed by atoms with Gasteiger partial charge in [0.2, 0.25) is 5.91 Å². The number of hydrogen-bond acceptors (Lipinski definition) is 5. The molecule has 9 heteroatoms. The smallest absolute Gasteiger partial charge is 0.299 e. The van der Waals surface area contributed by atoms with Crippen LogP contribution in [-0.4, -0.2) is 15.8 Å². The number of anilines is 1. The molecule has 2 aromatic rings. The molecule has 8 nitrogen and oxygen atoms in total. The topological polar surface area (TPSA) is 115 Å². The van der Waals surface area contributed by atoms with Crippen LogP contribution in [0.15, 0.2) is 53.0 Å². The molecule has 1 N–H and O–H groups in total. The number of nitro benzene ring substituents is 2. The number of rotatable bonds is 5. The van der Waals surface area contributed by atoms with Crippen molar-refractivity contribution < 1.29 is 14.6 Å². The van der Waals surface area contributed by atoms with Crippen molar-refractivity contribution in [3.05, 3.63) is 78.8 Å². The number of halogens is 1. The molecule has 0 spiro atoms. The Labute approximate surface area is 144 Å². The fraction of sp³-hybridized carbons (Fsp3) is 0. The highest BCUT2D eigenvalue weighted by Gasteiger charge is 2.20. The van der Waals surface area contributed by atoms with Crippen LogP contribution in [0.3, 0.4) is 0 Å². The zero-order valence-corrected chi connectivity index (χ0v) is 13.6. The first-order valence-corrected chi connectivity index (χ1v) is 7.33. The van der Waals surface area contributed by atoms with Gasteiger partial charge >= 0.3 is 0 Å². The molecular weight excluding hydrogens is 382 g/mol. The second kappa shape index (κ2) is 7.47. The summed E-state index contributed by atoms with van der Waals surface area (Å²) >= 11 is 3.29. The molecule has 24 heavy (non-hydrogen) atoms. The van der Waals surface area contributed by atoms with Crippen LogP contribution >= 0.6 is 15.9 Å². The van der Waals surface area contributed by atoms with Crippen LogP contribution < -0.4 is 5.32 Å². The van der Waals surface area contributed by atoms with Gasteiger partial charge in [-0.1, -0.05) is 28.1 Å². The van der Waals surface area contributed by atoms with Gasteiger partial charge in [-0.25, -0.2) is 0 Å². The van der Waals surface area contributed by atoms with Crippen molar-refractivity contribution in [2.75, 3.05) is 5.32 Å². The second-order valence-corrected chi connectivity index (χ2v) is 5.51. The summed E-state index contributed by atoms with van der Waals surface area (Å²) in [5.74, 6) is -0.588. The normalized spacial score (nSPS) is 10.5. The third kappa shape index (κ3) is 4.46. The van der Waals surface area contributed by atoms with Crippen LogP contribution in [0, 0.1) is 20.2 Å². The molecule has 0 fully saturated rings. The fourth-order valence-electron chi connectivity index (χ4n) is 1.81. The summed E-state index contributed by atoms with van der Waals surface area (Å²) in [5, 5.41) is 24.0. The summed E-state index contributed by atoms with van der Waals surface area (Å²) in [4.78, 5) is 32.0. The van der Waals surface area contributed by atoms with E-state index in [1.807, 2.05) is 0 Å². The molecule has 0 aliphatic carbocycles. The van der Waals surface area contributed by atoms with E-state index in [0.29, 0.717) is 0 Å². The highest BCUT2D eigenvalue weighted by Crippen LogP contribution is 2.28. The van der Waals surface area contributed by atoms with E-state index in [4.69, 9.17) is 0 Å². The first-order valence-electron chi connectivity index (χ1n) is 6.54. The van der Waals surface area contributed by atoms with Crippen LogP contribution in [0.1, 0.15) is 5.56 Å². The maximum Gasteiger partial charge on any atom is 0.299 e. The summed E-state index contributed by atoms with van der Waals surface area (Å²) in [6.07, 6.45) is 2.76. The van der Waals surface area contributed by atoms with E-state index in [1.165, 1.54) is 6.08 Å². The number of hydrogen-bond donors (Lipinski definition) is 1. The van der Waals surface area contributed by atoms with Crippen molar-refractivity contribution in [1.82, 2.24) is 0 Å². The average Bonchev–Trinajstić information content (AvgIpc) is 2.54. The lowest BCUT2D eigenvalue weighted by atomic mass is 10.2. The molecule has 0 heterocycles. The van der Waals surface area contributed by atoms with Gasteiger partial charge < -0.3 is 5.32 Å². The van der Waals surface area contributed by atoms with Crippen LogP contribution in [0.5, 0.6) is 0 Å². The molecular formula is C15H10BrN3O5. The Morgan fingerprint density at radius 1 is 1.04 bits per heavy atom. The Morgan fingerprint density at radius 3 is 2.29 bits per heavy atom. The molecule has 0 saturated carbocycles. The third-order valence-electron chi connectivity index (χ3n) is 2.94. The Hall–Kier alpha value is -3.07. The third-order valence-corrected chi connectivity index (χ3v) is 3.47. The monoisotopic (exact) mass is 391 g/mol. The second-order valence-electron chi connectivity index (χ2n) is 4.59. The van der Waals surface area contributed by atoms with Gasteiger partial charge in [0, 0.05) is 16.6 Å². The molecule has 1 amide bonds. The Kier molecular flexibility index (Phi) is 5.38. The van der Waals surface area contributed by atoms with E-state index in [1.54, 1.807) is 30.3 Å². The first-order chi connectivity index (χ1) is 11.4. The van der Waals surface area contributed by atoms with Crippen LogP contribution in [0.2, 0.25) is 0 Å². The summed E-state index contributed by atoms with van der Waals surface area (Å²) in [7, 11) is 0. The average molecular weight is 392 g/mol. The van der Waals surface area contributed by atoms with E-state index < -0.39 is 27.1 Å². The zero-order valence-electron chi connectivity index (χ0n) is 12.0. The van der Waals surface area contributed by atoms with Crippen molar-refractivity contribution in [3.8, 4) is 0 Å². The SMILES string of the molecule is O=C(/C=C/c1ccc(Br)cc1)Nc1ccc([N+](=O)[O-])cc1[N+](=O)[O-]. The summed E-state index contributed by atoms with van der Waals surface area (Å²) in [6, 6.07) is 10.2. The van der Waals surface area contributed by atoms with Gasteiger partial charge in [0.05, 0.1) is 15.9 Å². The zero-order chi connectivity index (χ0) is 17.7. The Morgan fingerprint density at radius 2 is 1.71 bits per heavy atom. The lowest BCUT2D eigenvalue weighted by Gasteiger charge is -2.03.